The number of nitrogens with zero attached hydrogens (tertiary/aromatic N) is 3. The monoisotopic (exact) mass is 376 g/mol. The molecule has 1 amide bonds. The summed E-state index contributed by atoms with van der Waals surface area (Å²) in [6.45, 7) is 7.67. The summed E-state index contributed by atoms with van der Waals surface area (Å²) in [5, 5.41) is 4.16. The van der Waals surface area contributed by atoms with Crippen molar-refractivity contribution in [2.45, 2.75) is 33.6 Å². The first kappa shape index (κ1) is 18.6. The van der Waals surface area contributed by atoms with Crippen LogP contribution in [0.5, 0.6) is 0 Å². The minimum Gasteiger partial charge on any atom is -0.466 e. The first-order valence-corrected chi connectivity index (χ1v) is 9.71. The first-order chi connectivity index (χ1) is 12.5. The smallest absolute Gasteiger partial charge is 0.309 e. The van der Waals surface area contributed by atoms with Crippen LogP contribution >= 0.6 is 11.3 Å². The number of aryl methyl sites for hydroxylation is 2. The number of thiophene rings is 1. The fourth-order valence-corrected chi connectivity index (χ4v) is 4.21. The van der Waals surface area contributed by atoms with Gasteiger partial charge in [-0.1, -0.05) is 0 Å². The highest BCUT2D eigenvalue weighted by Gasteiger charge is 2.28. The molecule has 26 heavy (non-hydrogen) atoms. The minimum absolute atomic E-state index is 0.0173. The molecule has 1 aliphatic rings. The quantitative estimate of drug-likeness (QED) is 0.807. The van der Waals surface area contributed by atoms with E-state index in [0.717, 1.165) is 15.8 Å². The van der Waals surface area contributed by atoms with E-state index < -0.39 is 0 Å². The second-order valence-corrected chi connectivity index (χ2v) is 7.65. The van der Waals surface area contributed by atoms with E-state index in [0.29, 0.717) is 38.4 Å². The van der Waals surface area contributed by atoms with Crippen LogP contribution in [0.4, 0.5) is 5.82 Å². The number of likely N-dealkylation sites (tertiary alicyclic amines) is 1. The fraction of sp³-hybridized carbons (Fsp3) is 0.556. The highest BCUT2D eigenvalue weighted by atomic mass is 32.1. The fourth-order valence-electron chi connectivity index (χ4n) is 3.21. The van der Waals surface area contributed by atoms with Crippen LogP contribution in [0.1, 0.15) is 30.2 Å². The maximum absolute atomic E-state index is 12.5. The molecule has 0 radical (unpaired) electrons. The van der Waals surface area contributed by atoms with Crippen molar-refractivity contribution in [2.24, 2.45) is 5.92 Å². The van der Waals surface area contributed by atoms with Gasteiger partial charge in [0, 0.05) is 18.0 Å². The van der Waals surface area contributed by atoms with Crippen molar-refractivity contribution in [2.75, 3.05) is 31.6 Å². The average molecular weight is 376 g/mol. The van der Waals surface area contributed by atoms with Gasteiger partial charge in [-0.15, -0.1) is 11.3 Å². The van der Waals surface area contributed by atoms with Crippen LogP contribution in [0.15, 0.2) is 6.33 Å². The molecule has 1 N–H and O–H groups in total. The average Bonchev–Trinajstić information content (AvgIpc) is 2.94. The summed E-state index contributed by atoms with van der Waals surface area (Å²) >= 11 is 1.63. The second-order valence-electron chi connectivity index (χ2n) is 6.45. The molecule has 1 saturated heterocycles. The van der Waals surface area contributed by atoms with Crippen molar-refractivity contribution in [1.29, 1.82) is 0 Å². The van der Waals surface area contributed by atoms with Gasteiger partial charge in [-0.05, 0) is 39.2 Å². The van der Waals surface area contributed by atoms with Crippen molar-refractivity contribution in [3.63, 3.8) is 0 Å². The molecule has 7 nitrogen and oxygen atoms in total. The lowest BCUT2D eigenvalue weighted by Crippen LogP contribution is -2.43. The van der Waals surface area contributed by atoms with Gasteiger partial charge in [-0.25, -0.2) is 9.97 Å². The molecule has 0 saturated carbocycles. The summed E-state index contributed by atoms with van der Waals surface area (Å²) in [6.07, 6.45) is 2.84. The third-order valence-electron chi connectivity index (χ3n) is 4.84. The number of rotatable bonds is 5. The van der Waals surface area contributed by atoms with Gasteiger partial charge in [0.05, 0.1) is 24.5 Å². The summed E-state index contributed by atoms with van der Waals surface area (Å²) in [5.74, 6) is 0.476. The molecule has 1 fully saturated rings. The molecular weight excluding hydrogens is 352 g/mol. The van der Waals surface area contributed by atoms with Crippen molar-refractivity contribution in [1.82, 2.24) is 14.9 Å². The Hall–Kier alpha value is -2.22. The Bertz CT molecular complexity index is 812. The zero-order valence-electron chi connectivity index (χ0n) is 15.4. The van der Waals surface area contributed by atoms with E-state index in [2.05, 4.69) is 22.2 Å². The number of hydrogen-bond acceptors (Lipinski definition) is 7. The van der Waals surface area contributed by atoms with Gasteiger partial charge in [0.2, 0.25) is 5.91 Å². The lowest BCUT2D eigenvalue weighted by molar-refractivity contribution is -0.151. The SMILES string of the molecule is CCOC(=O)C1CCN(C(=O)CNc2ncnc3sc(C)c(C)c23)CC1. The number of hydrogen-bond donors (Lipinski definition) is 1. The number of ether oxygens (including phenoxy) is 1. The van der Waals surface area contributed by atoms with E-state index in [1.165, 1.54) is 11.2 Å². The number of anilines is 1. The van der Waals surface area contributed by atoms with Gasteiger partial charge in [-0.2, -0.15) is 0 Å². The van der Waals surface area contributed by atoms with E-state index in [1.54, 1.807) is 16.2 Å². The maximum Gasteiger partial charge on any atom is 0.309 e. The molecular formula is C18H24N4O3S. The van der Waals surface area contributed by atoms with Crippen LogP contribution in [0.25, 0.3) is 10.2 Å². The Morgan fingerprint density at radius 2 is 2.04 bits per heavy atom. The minimum atomic E-state index is -0.149. The maximum atomic E-state index is 12.5. The Morgan fingerprint density at radius 1 is 1.31 bits per heavy atom. The molecule has 0 spiro atoms. The Labute approximate surface area is 156 Å². The Morgan fingerprint density at radius 3 is 2.73 bits per heavy atom. The molecule has 0 atom stereocenters. The predicted octanol–water partition coefficient (Wildman–Crippen LogP) is 2.52. The zero-order chi connectivity index (χ0) is 18.7. The molecule has 2 aromatic rings. The Kier molecular flexibility index (Phi) is 5.70. The number of fused-ring (bicyclic) bond motifs is 1. The molecule has 8 heteroatoms. The summed E-state index contributed by atoms with van der Waals surface area (Å²) in [5.41, 5.74) is 1.15. The summed E-state index contributed by atoms with van der Waals surface area (Å²) < 4.78 is 5.07. The van der Waals surface area contributed by atoms with Crippen LogP contribution in [0, 0.1) is 19.8 Å². The van der Waals surface area contributed by atoms with Crippen molar-refractivity contribution in [3.05, 3.63) is 16.8 Å². The van der Waals surface area contributed by atoms with Gasteiger partial charge in [-0.3, -0.25) is 9.59 Å². The van der Waals surface area contributed by atoms with Crippen LogP contribution < -0.4 is 5.32 Å². The molecule has 0 aliphatic carbocycles. The van der Waals surface area contributed by atoms with Gasteiger partial charge in [0.1, 0.15) is 17.0 Å². The van der Waals surface area contributed by atoms with Gasteiger partial charge < -0.3 is 15.0 Å². The molecule has 0 bridgehead atoms. The van der Waals surface area contributed by atoms with E-state index in [1.807, 2.05) is 13.8 Å². The number of nitrogens with one attached hydrogen (secondary N) is 1. The number of esters is 1. The molecule has 2 aromatic heterocycles. The van der Waals surface area contributed by atoms with Gasteiger partial charge >= 0.3 is 5.97 Å². The summed E-state index contributed by atoms with van der Waals surface area (Å²) in [4.78, 5) is 36.8. The summed E-state index contributed by atoms with van der Waals surface area (Å²) in [6, 6.07) is 0. The van der Waals surface area contributed by atoms with Gasteiger partial charge in [0.25, 0.3) is 0 Å². The number of carbonyl (C=O) groups excluding carboxylic acids is 2. The second kappa shape index (κ2) is 7.99. The van der Waals surface area contributed by atoms with Crippen LogP contribution in [0.2, 0.25) is 0 Å². The summed E-state index contributed by atoms with van der Waals surface area (Å²) in [7, 11) is 0. The lowest BCUT2D eigenvalue weighted by Gasteiger charge is -2.31. The Balaban J connectivity index is 1.58. The van der Waals surface area contributed by atoms with Crippen LogP contribution in [-0.4, -0.2) is 53.0 Å². The highest BCUT2D eigenvalue weighted by molar-refractivity contribution is 7.18. The number of carbonyl (C=O) groups is 2. The van der Waals surface area contributed by atoms with Gasteiger partial charge in [0.15, 0.2) is 0 Å². The van der Waals surface area contributed by atoms with E-state index in [9.17, 15) is 9.59 Å². The number of amides is 1. The first-order valence-electron chi connectivity index (χ1n) is 8.90. The standard InChI is InChI=1S/C18H24N4O3S/c1-4-25-18(24)13-5-7-22(8-6-13)14(23)9-19-16-15-11(2)12(3)26-17(15)21-10-20-16/h10,13H,4-9H2,1-3H3,(H,19,20,21). The number of piperidine rings is 1. The largest absolute Gasteiger partial charge is 0.466 e. The lowest BCUT2D eigenvalue weighted by atomic mass is 9.97. The predicted molar refractivity (Wildman–Crippen MR) is 101 cm³/mol. The molecule has 3 heterocycles. The third-order valence-corrected chi connectivity index (χ3v) is 5.96. The molecule has 0 unspecified atom stereocenters. The van der Waals surface area contributed by atoms with E-state index in [-0.39, 0.29) is 24.3 Å². The third kappa shape index (κ3) is 3.80. The topological polar surface area (TPSA) is 84.4 Å². The van der Waals surface area contributed by atoms with E-state index >= 15 is 0 Å². The molecule has 140 valence electrons. The van der Waals surface area contributed by atoms with E-state index in [4.69, 9.17) is 4.74 Å². The normalized spacial score (nSPS) is 15.3. The highest BCUT2D eigenvalue weighted by Crippen LogP contribution is 2.32. The van der Waals surface area contributed by atoms with Crippen molar-refractivity contribution in [3.8, 4) is 0 Å². The van der Waals surface area contributed by atoms with Crippen LogP contribution in [0.3, 0.4) is 0 Å². The van der Waals surface area contributed by atoms with Crippen LogP contribution in [-0.2, 0) is 14.3 Å². The molecule has 0 aromatic carbocycles. The molecule has 1 aliphatic heterocycles. The van der Waals surface area contributed by atoms with Crippen molar-refractivity contribution < 1.29 is 14.3 Å². The van der Waals surface area contributed by atoms with Crippen molar-refractivity contribution >= 4 is 39.2 Å². The number of aromatic nitrogens is 2. The molecule has 3 rings (SSSR count). The zero-order valence-corrected chi connectivity index (χ0v) is 16.2.